The molecule has 0 bridgehead atoms. The highest BCUT2D eigenvalue weighted by atomic mass is 19.2. The number of aliphatic hydroxyl groups excluding tert-OH is 2. The Bertz CT molecular complexity index is 1380. The monoisotopic (exact) mass is 603 g/mol. The molecule has 1 aromatic heterocycles. The minimum atomic E-state index is -1.28. The fourth-order valence-electron chi connectivity index (χ4n) is 6.13. The Morgan fingerprint density at radius 2 is 1.81 bits per heavy atom. The lowest BCUT2D eigenvalue weighted by molar-refractivity contribution is 0.0198. The maximum atomic E-state index is 13.9. The van der Waals surface area contributed by atoms with Crippen LogP contribution in [0.25, 0.3) is 10.9 Å². The third-order valence-electron chi connectivity index (χ3n) is 8.86. The number of hydrogen-bond acceptors (Lipinski definition) is 8. The summed E-state index contributed by atoms with van der Waals surface area (Å²) >= 11 is 0. The number of aromatic nitrogens is 1. The van der Waals surface area contributed by atoms with Gasteiger partial charge < -0.3 is 24.4 Å². The van der Waals surface area contributed by atoms with Gasteiger partial charge in [0.25, 0.3) is 0 Å². The largest absolute Gasteiger partial charge is 0.497 e. The van der Waals surface area contributed by atoms with E-state index in [4.69, 9.17) is 14.2 Å². The number of rotatable bonds is 12. The molecule has 0 spiro atoms. The number of morpholine rings is 1. The summed E-state index contributed by atoms with van der Waals surface area (Å²) in [5.74, 6) is -3.13. The Morgan fingerprint density at radius 3 is 2.53 bits per heavy atom. The van der Waals surface area contributed by atoms with Crippen LogP contribution in [0, 0.1) is 22.9 Å². The predicted octanol–water partition coefficient (Wildman–Crippen LogP) is 4.46. The number of methoxy groups -OCH3 is 1. The van der Waals surface area contributed by atoms with Gasteiger partial charge in [0, 0.05) is 56.5 Å². The van der Waals surface area contributed by atoms with Crippen molar-refractivity contribution in [3.05, 3.63) is 65.1 Å². The standard InChI is InChI=1S/C32H40F3N3O5/c1-41-24-2-3-27-25(18-24)30(22(19-36-27)20-38-10-13-42-14-11-38)28(40)4-5-32(21-39)6-8-37(9-7-32)12-15-43-29-17-23(33)16-26(34)31(29)35/h2-3,16-19,28,39-40H,4-15,20-21H2,1H3. The number of fused-ring (bicyclic) bond motifs is 1. The number of hydrogen-bond donors (Lipinski definition) is 2. The predicted molar refractivity (Wildman–Crippen MR) is 156 cm³/mol. The minimum absolute atomic E-state index is 0.00336. The molecule has 3 heterocycles. The molecule has 11 heteroatoms. The van der Waals surface area contributed by atoms with Gasteiger partial charge in [0.15, 0.2) is 11.6 Å². The van der Waals surface area contributed by atoms with Gasteiger partial charge in [-0.05, 0) is 73.5 Å². The molecule has 0 aliphatic carbocycles. The average molecular weight is 604 g/mol. The van der Waals surface area contributed by atoms with Crippen molar-refractivity contribution in [1.29, 1.82) is 0 Å². The smallest absolute Gasteiger partial charge is 0.200 e. The molecule has 2 fully saturated rings. The Labute approximate surface area is 250 Å². The van der Waals surface area contributed by atoms with Gasteiger partial charge in [0.05, 0.1) is 31.9 Å². The SMILES string of the molecule is COc1ccc2ncc(CN3CCOCC3)c(C(O)CCC3(CO)CCN(CCOc4cc(F)cc(F)c4F)CC3)c2c1. The second kappa shape index (κ2) is 14.2. The lowest BCUT2D eigenvalue weighted by Gasteiger charge is -2.41. The van der Waals surface area contributed by atoms with Gasteiger partial charge in [0.2, 0.25) is 5.82 Å². The van der Waals surface area contributed by atoms with Gasteiger partial charge in [-0.25, -0.2) is 8.78 Å². The molecule has 5 rings (SSSR count). The average Bonchev–Trinajstić information content (AvgIpc) is 3.03. The molecule has 2 saturated heterocycles. The summed E-state index contributed by atoms with van der Waals surface area (Å²) in [6, 6.07) is 7.01. The molecule has 2 aliphatic heterocycles. The number of piperidine rings is 1. The number of likely N-dealkylation sites (tertiary alicyclic amines) is 1. The lowest BCUT2D eigenvalue weighted by atomic mass is 9.74. The van der Waals surface area contributed by atoms with Gasteiger partial charge >= 0.3 is 0 Å². The van der Waals surface area contributed by atoms with Crippen molar-refractivity contribution in [2.45, 2.75) is 38.3 Å². The number of nitrogens with zero attached hydrogens (tertiary/aromatic N) is 3. The van der Waals surface area contributed by atoms with Crippen molar-refractivity contribution in [2.24, 2.45) is 5.41 Å². The first kappa shape index (κ1) is 31.5. The van der Waals surface area contributed by atoms with E-state index in [-0.39, 0.29) is 18.6 Å². The molecule has 0 saturated carbocycles. The number of ether oxygens (including phenoxy) is 3. The number of pyridine rings is 1. The van der Waals surface area contributed by atoms with Crippen LogP contribution in [0.1, 0.15) is 42.9 Å². The van der Waals surface area contributed by atoms with Gasteiger partial charge in [-0.15, -0.1) is 0 Å². The van der Waals surface area contributed by atoms with Crippen LogP contribution >= 0.6 is 0 Å². The van der Waals surface area contributed by atoms with Crippen LogP contribution in [0.4, 0.5) is 13.2 Å². The van der Waals surface area contributed by atoms with E-state index in [2.05, 4.69) is 14.8 Å². The zero-order chi connectivity index (χ0) is 30.4. The second-order valence-corrected chi connectivity index (χ2v) is 11.6. The third kappa shape index (κ3) is 7.58. The molecule has 1 unspecified atom stereocenters. The van der Waals surface area contributed by atoms with Crippen LogP contribution in [0.3, 0.4) is 0 Å². The summed E-state index contributed by atoms with van der Waals surface area (Å²) in [4.78, 5) is 9.10. The number of benzene rings is 2. The van der Waals surface area contributed by atoms with Crippen molar-refractivity contribution >= 4 is 10.9 Å². The van der Waals surface area contributed by atoms with Crippen molar-refractivity contribution in [2.75, 3.05) is 66.3 Å². The van der Waals surface area contributed by atoms with E-state index >= 15 is 0 Å². The highest BCUT2D eigenvalue weighted by Gasteiger charge is 2.35. The molecule has 3 aromatic rings. The first-order valence-corrected chi connectivity index (χ1v) is 14.8. The lowest BCUT2D eigenvalue weighted by Crippen LogP contribution is -2.43. The minimum Gasteiger partial charge on any atom is -0.497 e. The zero-order valence-electron chi connectivity index (χ0n) is 24.5. The topological polar surface area (TPSA) is 87.5 Å². The fraction of sp³-hybridized carbons (Fsp3) is 0.531. The van der Waals surface area contributed by atoms with Crippen LogP contribution in [0.5, 0.6) is 11.5 Å². The van der Waals surface area contributed by atoms with Crippen LogP contribution in [0.15, 0.2) is 36.5 Å². The third-order valence-corrected chi connectivity index (χ3v) is 8.86. The van der Waals surface area contributed by atoms with E-state index in [1.165, 1.54) is 0 Å². The maximum absolute atomic E-state index is 13.9. The molecular formula is C32H40F3N3O5. The van der Waals surface area contributed by atoms with E-state index in [9.17, 15) is 23.4 Å². The van der Waals surface area contributed by atoms with Gasteiger partial charge in [-0.3, -0.25) is 14.8 Å². The van der Waals surface area contributed by atoms with Crippen LogP contribution in [-0.4, -0.2) is 91.3 Å². The summed E-state index contributed by atoms with van der Waals surface area (Å²) in [6.07, 6.45) is 3.63. The van der Waals surface area contributed by atoms with Crippen LogP contribution in [-0.2, 0) is 11.3 Å². The number of aliphatic hydroxyl groups is 2. The molecular weight excluding hydrogens is 563 g/mol. The Balaban J connectivity index is 1.22. The summed E-state index contributed by atoms with van der Waals surface area (Å²) in [5, 5.41) is 23.0. The quantitative estimate of drug-likeness (QED) is 0.294. The van der Waals surface area contributed by atoms with Crippen molar-refractivity contribution < 1.29 is 37.6 Å². The molecule has 2 aliphatic rings. The first-order chi connectivity index (χ1) is 20.8. The normalized spacial score (nSPS) is 18.6. The summed E-state index contributed by atoms with van der Waals surface area (Å²) < 4.78 is 57.1. The zero-order valence-corrected chi connectivity index (χ0v) is 24.5. The highest BCUT2D eigenvalue weighted by Crippen LogP contribution is 2.40. The molecule has 0 radical (unpaired) electrons. The van der Waals surface area contributed by atoms with Gasteiger partial charge in [-0.1, -0.05) is 0 Å². The second-order valence-electron chi connectivity index (χ2n) is 11.6. The molecule has 234 valence electrons. The van der Waals surface area contributed by atoms with Crippen LogP contribution < -0.4 is 9.47 Å². The summed E-state index contributed by atoms with van der Waals surface area (Å²) in [5.41, 5.74) is 2.26. The van der Waals surface area contributed by atoms with E-state index in [0.29, 0.717) is 76.9 Å². The maximum Gasteiger partial charge on any atom is 0.200 e. The molecule has 0 amide bonds. The van der Waals surface area contributed by atoms with Crippen molar-refractivity contribution in [1.82, 2.24) is 14.8 Å². The fourth-order valence-corrected chi connectivity index (χ4v) is 6.13. The van der Waals surface area contributed by atoms with Gasteiger partial charge in [0.1, 0.15) is 18.2 Å². The molecule has 1 atom stereocenters. The van der Waals surface area contributed by atoms with E-state index < -0.39 is 29.3 Å². The van der Waals surface area contributed by atoms with Crippen molar-refractivity contribution in [3.63, 3.8) is 0 Å². The van der Waals surface area contributed by atoms with E-state index in [0.717, 1.165) is 41.2 Å². The Kier molecular flexibility index (Phi) is 10.4. The van der Waals surface area contributed by atoms with E-state index in [1.54, 1.807) is 7.11 Å². The van der Waals surface area contributed by atoms with Gasteiger partial charge in [-0.2, -0.15) is 4.39 Å². The first-order valence-electron chi connectivity index (χ1n) is 14.8. The molecule has 8 nitrogen and oxygen atoms in total. The molecule has 2 N–H and O–H groups in total. The summed E-state index contributed by atoms with van der Waals surface area (Å²) in [6.45, 7) is 5.53. The Hall–Kier alpha value is -2.96. The van der Waals surface area contributed by atoms with E-state index in [1.807, 2.05) is 24.4 Å². The molecule has 43 heavy (non-hydrogen) atoms. The Morgan fingerprint density at radius 1 is 1.05 bits per heavy atom. The number of halogens is 3. The van der Waals surface area contributed by atoms with Crippen molar-refractivity contribution in [3.8, 4) is 11.5 Å². The molecule has 2 aromatic carbocycles. The highest BCUT2D eigenvalue weighted by molar-refractivity contribution is 5.85. The summed E-state index contributed by atoms with van der Waals surface area (Å²) in [7, 11) is 1.62. The van der Waals surface area contributed by atoms with Crippen LogP contribution in [0.2, 0.25) is 0 Å².